The van der Waals surface area contributed by atoms with Gasteiger partial charge in [-0.2, -0.15) is 11.8 Å². The van der Waals surface area contributed by atoms with Crippen molar-refractivity contribution in [2.24, 2.45) is 11.7 Å². The van der Waals surface area contributed by atoms with E-state index in [1.807, 2.05) is 43.0 Å². The number of rotatable bonds is 7. The van der Waals surface area contributed by atoms with Gasteiger partial charge in [0.05, 0.1) is 0 Å². The van der Waals surface area contributed by atoms with E-state index < -0.39 is 0 Å². The predicted molar refractivity (Wildman–Crippen MR) is 78.8 cm³/mol. The predicted octanol–water partition coefficient (Wildman–Crippen LogP) is 2.26. The summed E-state index contributed by atoms with van der Waals surface area (Å²) in [5.74, 6) is 2.40. The molecule has 0 radical (unpaired) electrons. The molecule has 1 amide bonds. The van der Waals surface area contributed by atoms with E-state index in [-0.39, 0.29) is 5.91 Å². The summed E-state index contributed by atoms with van der Waals surface area (Å²) in [4.78, 5) is 11.8. The first-order valence-electron chi connectivity index (χ1n) is 6.32. The third kappa shape index (κ3) is 5.10. The third-order valence-electron chi connectivity index (χ3n) is 2.70. The molecule has 0 saturated carbocycles. The zero-order valence-electron chi connectivity index (χ0n) is 11.1. The van der Waals surface area contributed by atoms with Gasteiger partial charge in [-0.3, -0.25) is 4.79 Å². The number of benzene rings is 1. The van der Waals surface area contributed by atoms with Crippen molar-refractivity contribution in [3.05, 3.63) is 35.4 Å². The molecule has 3 nitrogen and oxygen atoms in total. The topological polar surface area (TPSA) is 55.1 Å². The van der Waals surface area contributed by atoms with Crippen molar-refractivity contribution in [1.82, 2.24) is 5.32 Å². The van der Waals surface area contributed by atoms with E-state index in [1.165, 1.54) is 5.56 Å². The lowest BCUT2D eigenvalue weighted by molar-refractivity contribution is 0.0948. The summed E-state index contributed by atoms with van der Waals surface area (Å²) in [7, 11) is 0. The SMILES string of the molecule is CCSCc1ccc(C(=O)NCC(C)CN)cc1. The monoisotopic (exact) mass is 266 g/mol. The molecule has 0 fully saturated rings. The summed E-state index contributed by atoms with van der Waals surface area (Å²) < 4.78 is 0. The molecule has 1 unspecified atom stereocenters. The lowest BCUT2D eigenvalue weighted by atomic mass is 10.1. The average Bonchev–Trinajstić information content (AvgIpc) is 2.42. The van der Waals surface area contributed by atoms with Gasteiger partial charge in [-0.05, 0) is 35.9 Å². The van der Waals surface area contributed by atoms with Crippen LogP contribution >= 0.6 is 11.8 Å². The summed E-state index contributed by atoms with van der Waals surface area (Å²) in [5, 5.41) is 2.89. The third-order valence-corrected chi connectivity index (χ3v) is 3.65. The molecule has 0 spiro atoms. The van der Waals surface area contributed by atoms with Gasteiger partial charge in [0, 0.05) is 17.9 Å². The maximum Gasteiger partial charge on any atom is 0.251 e. The van der Waals surface area contributed by atoms with Gasteiger partial charge in [0.1, 0.15) is 0 Å². The zero-order valence-corrected chi connectivity index (χ0v) is 11.9. The van der Waals surface area contributed by atoms with Crippen molar-refractivity contribution in [2.75, 3.05) is 18.8 Å². The molecular weight excluding hydrogens is 244 g/mol. The van der Waals surface area contributed by atoms with Crippen molar-refractivity contribution < 1.29 is 4.79 Å². The van der Waals surface area contributed by atoms with Crippen LogP contribution in [0.25, 0.3) is 0 Å². The van der Waals surface area contributed by atoms with E-state index in [2.05, 4.69) is 12.2 Å². The number of nitrogens with one attached hydrogen (secondary N) is 1. The molecule has 1 atom stereocenters. The molecule has 0 heterocycles. The highest BCUT2D eigenvalue weighted by Crippen LogP contribution is 2.12. The highest BCUT2D eigenvalue weighted by molar-refractivity contribution is 7.98. The summed E-state index contributed by atoms with van der Waals surface area (Å²) in [6.45, 7) is 5.38. The molecule has 0 bridgehead atoms. The van der Waals surface area contributed by atoms with Gasteiger partial charge in [0.25, 0.3) is 5.91 Å². The molecule has 1 aromatic carbocycles. The summed E-state index contributed by atoms with van der Waals surface area (Å²) in [6.07, 6.45) is 0. The first-order chi connectivity index (χ1) is 8.67. The van der Waals surface area contributed by atoms with Gasteiger partial charge < -0.3 is 11.1 Å². The van der Waals surface area contributed by atoms with Crippen molar-refractivity contribution in [3.8, 4) is 0 Å². The van der Waals surface area contributed by atoms with Crippen molar-refractivity contribution in [2.45, 2.75) is 19.6 Å². The Balaban J connectivity index is 2.48. The van der Waals surface area contributed by atoms with Crippen LogP contribution in [0.15, 0.2) is 24.3 Å². The van der Waals surface area contributed by atoms with E-state index in [1.54, 1.807) is 0 Å². The van der Waals surface area contributed by atoms with Crippen LogP contribution in [0, 0.1) is 5.92 Å². The Labute approximate surface area is 114 Å². The fourth-order valence-electron chi connectivity index (χ4n) is 1.42. The van der Waals surface area contributed by atoms with E-state index in [0.29, 0.717) is 24.6 Å². The maximum absolute atomic E-state index is 11.8. The Morgan fingerprint density at radius 2 is 2.06 bits per heavy atom. The normalized spacial score (nSPS) is 12.2. The molecule has 1 aromatic rings. The average molecular weight is 266 g/mol. The lowest BCUT2D eigenvalue weighted by Crippen LogP contribution is -2.31. The minimum atomic E-state index is -0.0232. The van der Waals surface area contributed by atoms with Gasteiger partial charge in [-0.25, -0.2) is 0 Å². The fourth-order valence-corrected chi connectivity index (χ4v) is 2.06. The molecular formula is C14H22N2OS. The highest BCUT2D eigenvalue weighted by Gasteiger charge is 2.06. The number of carbonyl (C=O) groups is 1. The summed E-state index contributed by atoms with van der Waals surface area (Å²) in [6, 6.07) is 7.80. The second-order valence-electron chi connectivity index (χ2n) is 4.38. The van der Waals surface area contributed by atoms with Crippen LogP contribution in [0.1, 0.15) is 29.8 Å². The lowest BCUT2D eigenvalue weighted by Gasteiger charge is -2.10. The molecule has 18 heavy (non-hydrogen) atoms. The Morgan fingerprint density at radius 3 is 2.61 bits per heavy atom. The van der Waals surface area contributed by atoms with Crippen LogP contribution < -0.4 is 11.1 Å². The Morgan fingerprint density at radius 1 is 1.39 bits per heavy atom. The van der Waals surface area contributed by atoms with Gasteiger partial charge >= 0.3 is 0 Å². The largest absolute Gasteiger partial charge is 0.352 e. The highest BCUT2D eigenvalue weighted by atomic mass is 32.2. The van der Waals surface area contributed by atoms with Gasteiger partial charge in [0.2, 0.25) is 0 Å². The van der Waals surface area contributed by atoms with Crippen molar-refractivity contribution in [1.29, 1.82) is 0 Å². The number of carbonyl (C=O) groups excluding carboxylic acids is 1. The Kier molecular flexibility index (Phi) is 6.83. The second kappa shape index (κ2) is 8.16. The maximum atomic E-state index is 11.8. The molecule has 0 aliphatic carbocycles. The number of amides is 1. The van der Waals surface area contributed by atoms with Crippen LogP contribution in [0.5, 0.6) is 0 Å². The van der Waals surface area contributed by atoms with E-state index >= 15 is 0 Å². The van der Waals surface area contributed by atoms with E-state index in [0.717, 1.165) is 11.5 Å². The summed E-state index contributed by atoms with van der Waals surface area (Å²) >= 11 is 1.88. The zero-order chi connectivity index (χ0) is 13.4. The molecule has 0 aromatic heterocycles. The Bertz CT molecular complexity index is 365. The molecule has 3 N–H and O–H groups in total. The number of hydrogen-bond donors (Lipinski definition) is 2. The van der Waals surface area contributed by atoms with Gasteiger partial charge in [-0.1, -0.05) is 26.0 Å². The molecule has 1 rings (SSSR count). The number of thioether (sulfide) groups is 1. The van der Waals surface area contributed by atoms with E-state index in [9.17, 15) is 4.79 Å². The molecule has 0 aliphatic heterocycles. The number of hydrogen-bond acceptors (Lipinski definition) is 3. The van der Waals surface area contributed by atoms with Crippen molar-refractivity contribution >= 4 is 17.7 Å². The molecule has 4 heteroatoms. The smallest absolute Gasteiger partial charge is 0.251 e. The number of nitrogens with two attached hydrogens (primary N) is 1. The first kappa shape index (κ1) is 15.1. The van der Waals surface area contributed by atoms with Crippen LogP contribution in [0.4, 0.5) is 0 Å². The summed E-state index contributed by atoms with van der Waals surface area (Å²) in [5.41, 5.74) is 7.48. The quantitative estimate of drug-likeness (QED) is 0.796. The van der Waals surface area contributed by atoms with Crippen LogP contribution in [0.2, 0.25) is 0 Å². The minimum Gasteiger partial charge on any atom is -0.352 e. The van der Waals surface area contributed by atoms with Crippen LogP contribution in [-0.4, -0.2) is 24.7 Å². The minimum absolute atomic E-state index is 0.0232. The van der Waals surface area contributed by atoms with Crippen LogP contribution in [-0.2, 0) is 5.75 Å². The van der Waals surface area contributed by atoms with Gasteiger partial charge in [-0.15, -0.1) is 0 Å². The first-order valence-corrected chi connectivity index (χ1v) is 7.47. The second-order valence-corrected chi connectivity index (χ2v) is 5.66. The molecule has 100 valence electrons. The Hall–Kier alpha value is -1.00. The molecule has 0 saturated heterocycles. The van der Waals surface area contributed by atoms with E-state index in [4.69, 9.17) is 5.73 Å². The standard InChI is InChI=1S/C14H22N2OS/c1-3-18-10-12-4-6-13(7-5-12)14(17)16-9-11(2)8-15/h4-7,11H,3,8-10,15H2,1-2H3,(H,16,17). The van der Waals surface area contributed by atoms with Crippen LogP contribution in [0.3, 0.4) is 0 Å². The van der Waals surface area contributed by atoms with Gasteiger partial charge in [0.15, 0.2) is 0 Å². The fraction of sp³-hybridized carbons (Fsp3) is 0.500. The molecule has 0 aliphatic rings. The van der Waals surface area contributed by atoms with Crippen molar-refractivity contribution in [3.63, 3.8) is 0 Å².